The molecule has 1 aromatic carbocycles. The van der Waals surface area contributed by atoms with Crippen molar-refractivity contribution in [2.45, 2.75) is 19.4 Å². The van der Waals surface area contributed by atoms with E-state index in [4.69, 9.17) is 0 Å². The van der Waals surface area contributed by atoms with Crippen LogP contribution in [0.25, 0.3) is 11.0 Å². The van der Waals surface area contributed by atoms with Crippen LogP contribution in [-0.4, -0.2) is 54.2 Å². The Morgan fingerprint density at radius 2 is 1.80 bits per heavy atom. The molecule has 1 aliphatic carbocycles. The minimum Gasteiger partial charge on any atom is -0.338 e. The van der Waals surface area contributed by atoms with Crippen LogP contribution >= 0.6 is 0 Å². The Bertz CT molecular complexity index is 908. The SMILES string of the molecule is O=CC1Cc2c(c(F)c3[nH]c(CN4CCS(=O)(=O)CC4)nc3c2F)C1. The summed E-state index contributed by atoms with van der Waals surface area (Å²) in [5.41, 5.74) is 0.454. The second-order valence-corrected chi connectivity index (χ2v) is 9.03. The number of hydrogen-bond acceptors (Lipinski definition) is 5. The smallest absolute Gasteiger partial charge is 0.154 e. The van der Waals surface area contributed by atoms with Gasteiger partial charge in [0.2, 0.25) is 0 Å². The predicted molar refractivity (Wildman–Crippen MR) is 86.9 cm³/mol. The number of rotatable bonds is 3. The number of aromatic nitrogens is 2. The third-order valence-electron chi connectivity index (χ3n) is 5.01. The Labute approximate surface area is 143 Å². The normalized spacial score (nSPS) is 20.9. The first-order valence-electron chi connectivity index (χ1n) is 8.13. The van der Waals surface area contributed by atoms with Crippen LogP contribution in [0.4, 0.5) is 8.78 Å². The van der Waals surface area contributed by atoms with E-state index in [2.05, 4.69) is 9.97 Å². The van der Waals surface area contributed by atoms with E-state index in [1.54, 1.807) is 0 Å². The second-order valence-electron chi connectivity index (χ2n) is 6.72. The lowest BCUT2D eigenvalue weighted by atomic mass is 10.1. The summed E-state index contributed by atoms with van der Waals surface area (Å²) in [6, 6.07) is 0. The van der Waals surface area contributed by atoms with E-state index in [9.17, 15) is 22.0 Å². The lowest BCUT2D eigenvalue weighted by Gasteiger charge is -2.25. The molecule has 1 aliphatic heterocycles. The maximum atomic E-state index is 14.7. The number of benzene rings is 1. The summed E-state index contributed by atoms with van der Waals surface area (Å²) < 4.78 is 52.3. The first kappa shape index (κ1) is 16.6. The van der Waals surface area contributed by atoms with E-state index < -0.39 is 21.5 Å². The summed E-state index contributed by atoms with van der Waals surface area (Å²) in [7, 11) is -2.98. The zero-order valence-corrected chi connectivity index (χ0v) is 14.2. The van der Waals surface area contributed by atoms with Gasteiger partial charge in [0.25, 0.3) is 0 Å². The minimum atomic E-state index is -2.98. The van der Waals surface area contributed by atoms with E-state index in [0.717, 1.165) is 6.29 Å². The molecule has 4 rings (SSSR count). The molecule has 25 heavy (non-hydrogen) atoms. The molecule has 2 aliphatic rings. The van der Waals surface area contributed by atoms with Crippen molar-refractivity contribution in [1.29, 1.82) is 0 Å². The Morgan fingerprint density at radius 3 is 2.44 bits per heavy atom. The van der Waals surface area contributed by atoms with Crippen LogP contribution in [-0.2, 0) is 34.0 Å². The molecule has 0 bridgehead atoms. The molecular formula is C16H17F2N3O3S. The van der Waals surface area contributed by atoms with Crippen LogP contribution in [0.15, 0.2) is 0 Å². The van der Waals surface area contributed by atoms with Gasteiger partial charge in [0.05, 0.1) is 18.1 Å². The Hall–Kier alpha value is -1.87. The maximum absolute atomic E-state index is 14.7. The van der Waals surface area contributed by atoms with Crippen LogP contribution in [0.5, 0.6) is 0 Å². The van der Waals surface area contributed by atoms with Crippen molar-refractivity contribution in [2.75, 3.05) is 24.6 Å². The average molecular weight is 369 g/mol. The molecule has 1 N–H and O–H groups in total. The number of aromatic amines is 1. The summed E-state index contributed by atoms with van der Waals surface area (Å²) in [6.45, 7) is 1.06. The van der Waals surface area contributed by atoms with Gasteiger partial charge >= 0.3 is 0 Å². The standard InChI is InChI=1S/C16H17F2N3O3S/c17-13-10-5-9(8-22)6-11(10)14(18)16-15(13)19-12(20-16)7-21-1-3-25(23,24)4-2-21/h8-9H,1-7H2,(H,19,20). The average Bonchev–Trinajstić information content (AvgIpc) is 3.19. The molecule has 1 aromatic heterocycles. The van der Waals surface area contributed by atoms with Crippen molar-refractivity contribution in [1.82, 2.24) is 14.9 Å². The Balaban J connectivity index is 1.65. The number of imidazole rings is 1. The molecule has 1 saturated heterocycles. The molecule has 1 fully saturated rings. The molecule has 0 saturated carbocycles. The van der Waals surface area contributed by atoms with Gasteiger partial charge in [-0.15, -0.1) is 0 Å². The fourth-order valence-corrected chi connectivity index (χ4v) is 4.89. The number of aldehydes is 1. The Morgan fingerprint density at radius 1 is 1.16 bits per heavy atom. The number of fused-ring (bicyclic) bond motifs is 2. The molecule has 6 nitrogen and oxygen atoms in total. The van der Waals surface area contributed by atoms with Gasteiger partial charge in [-0.3, -0.25) is 4.90 Å². The van der Waals surface area contributed by atoms with E-state index in [0.29, 0.717) is 25.5 Å². The Kier molecular flexibility index (Phi) is 3.88. The molecule has 0 radical (unpaired) electrons. The molecule has 9 heteroatoms. The van der Waals surface area contributed by atoms with Gasteiger partial charge in [-0.05, 0) is 24.0 Å². The second kappa shape index (κ2) is 5.84. The highest BCUT2D eigenvalue weighted by atomic mass is 32.2. The number of nitrogens with zero attached hydrogens (tertiary/aromatic N) is 2. The summed E-state index contributed by atoms with van der Waals surface area (Å²) in [6.07, 6.45) is 1.14. The lowest BCUT2D eigenvalue weighted by molar-refractivity contribution is -0.110. The van der Waals surface area contributed by atoms with Gasteiger partial charge in [-0.2, -0.15) is 0 Å². The summed E-state index contributed by atoms with van der Waals surface area (Å²) >= 11 is 0. The van der Waals surface area contributed by atoms with Crippen molar-refractivity contribution in [3.8, 4) is 0 Å². The van der Waals surface area contributed by atoms with Crippen molar-refractivity contribution in [3.63, 3.8) is 0 Å². The molecule has 2 heterocycles. The summed E-state index contributed by atoms with van der Waals surface area (Å²) in [4.78, 5) is 19.8. The van der Waals surface area contributed by atoms with Gasteiger partial charge in [0, 0.05) is 19.0 Å². The van der Waals surface area contributed by atoms with Crippen LogP contribution in [0.1, 0.15) is 17.0 Å². The monoisotopic (exact) mass is 369 g/mol. The number of halogens is 2. The third kappa shape index (κ3) is 2.85. The van der Waals surface area contributed by atoms with Crippen molar-refractivity contribution in [2.24, 2.45) is 5.92 Å². The third-order valence-corrected chi connectivity index (χ3v) is 6.62. The largest absolute Gasteiger partial charge is 0.338 e. The van der Waals surface area contributed by atoms with Crippen LogP contribution in [0.3, 0.4) is 0 Å². The zero-order valence-electron chi connectivity index (χ0n) is 13.4. The van der Waals surface area contributed by atoms with Crippen LogP contribution < -0.4 is 0 Å². The van der Waals surface area contributed by atoms with Gasteiger partial charge in [-0.25, -0.2) is 22.2 Å². The number of hydrogen-bond donors (Lipinski definition) is 1. The van der Waals surface area contributed by atoms with E-state index in [-0.39, 0.29) is 52.4 Å². The van der Waals surface area contributed by atoms with E-state index in [1.807, 2.05) is 4.90 Å². The quantitative estimate of drug-likeness (QED) is 0.816. The number of H-pyrrole nitrogens is 1. The molecule has 1 atom stereocenters. The summed E-state index contributed by atoms with van der Waals surface area (Å²) in [5.74, 6) is -0.938. The number of carbonyl (C=O) groups is 1. The van der Waals surface area contributed by atoms with Crippen LogP contribution in [0.2, 0.25) is 0 Å². The first-order valence-corrected chi connectivity index (χ1v) is 9.95. The van der Waals surface area contributed by atoms with Gasteiger partial charge in [0.15, 0.2) is 21.5 Å². The van der Waals surface area contributed by atoms with Gasteiger partial charge < -0.3 is 9.78 Å². The molecule has 1 unspecified atom stereocenters. The van der Waals surface area contributed by atoms with Gasteiger partial charge in [-0.1, -0.05) is 0 Å². The minimum absolute atomic E-state index is 0.0161. The van der Waals surface area contributed by atoms with Crippen molar-refractivity contribution < 1.29 is 22.0 Å². The van der Waals surface area contributed by atoms with Crippen molar-refractivity contribution in [3.05, 3.63) is 28.6 Å². The highest BCUT2D eigenvalue weighted by molar-refractivity contribution is 7.91. The molecule has 134 valence electrons. The molecular weight excluding hydrogens is 352 g/mol. The number of nitrogens with one attached hydrogen (secondary N) is 1. The van der Waals surface area contributed by atoms with Crippen molar-refractivity contribution >= 4 is 27.2 Å². The fraction of sp³-hybridized carbons (Fsp3) is 0.500. The predicted octanol–water partition coefficient (Wildman–Crippen LogP) is 0.985. The number of carbonyl (C=O) groups excluding carboxylic acids is 1. The number of sulfone groups is 1. The lowest BCUT2D eigenvalue weighted by Crippen LogP contribution is -2.39. The first-order chi connectivity index (χ1) is 11.9. The zero-order chi connectivity index (χ0) is 17.8. The maximum Gasteiger partial charge on any atom is 0.154 e. The highest BCUT2D eigenvalue weighted by Gasteiger charge is 2.31. The highest BCUT2D eigenvalue weighted by Crippen LogP contribution is 2.35. The molecule has 2 aromatic rings. The van der Waals surface area contributed by atoms with Crippen LogP contribution in [0, 0.1) is 17.6 Å². The topological polar surface area (TPSA) is 83.1 Å². The molecule has 0 spiro atoms. The summed E-state index contributed by atoms with van der Waals surface area (Å²) in [5, 5.41) is 0. The molecule has 0 amide bonds. The van der Waals surface area contributed by atoms with E-state index >= 15 is 0 Å². The van der Waals surface area contributed by atoms with E-state index in [1.165, 1.54) is 0 Å². The van der Waals surface area contributed by atoms with Gasteiger partial charge in [0.1, 0.15) is 23.1 Å². The fourth-order valence-electron chi connectivity index (χ4n) is 3.61.